The van der Waals surface area contributed by atoms with E-state index in [1.807, 2.05) is 0 Å². The highest BCUT2D eigenvalue weighted by Gasteiger charge is 2.18. The van der Waals surface area contributed by atoms with Crippen molar-refractivity contribution in [3.8, 4) is 0 Å². The summed E-state index contributed by atoms with van der Waals surface area (Å²) < 4.78 is 0. The molecule has 0 fully saturated rings. The number of aliphatic hydroxyl groups is 1. The summed E-state index contributed by atoms with van der Waals surface area (Å²) in [5.41, 5.74) is 0. The van der Waals surface area contributed by atoms with Crippen molar-refractivity contribution in [2.45, 2.75) is 25.3 Å². The summed E-state index contributed by atoms with van der Waals surface area (Å²) in [5.74, 6) is -1.48. The molecule has 0 saturated carbocycles. The fraction of sp³-hybridized carbons (Fsp3) is 0.556. The van der Waals surface area contributed by atoms with Gasteiger partial charge in [-0.2, -0.15) is 0 Å². The van der Waals surface area contributed by atoms with Crippen molar-refractivity contribution in [1.82, 2.24) is 5.32 Å². The summed E-state index contributed by atoms with van der Waals surface area (Å²) in [5, 5.41) is 19.5. The van der Waals surface area contributed by atoms with Crippen LogP contribution in [0.2, 0.25) is 0 Å². The van der Waals surface area contributed by atoms with E-state index in [-0.39, 0.29) is 25.4 Å². The van der Waals surface area contributed by atoms with Gasteiger partial charge >= 0.3 is 5.97 Å². The van der Waals surface area contributed by atoms with Crippen molar-refractivity contribution in [3.05, 3.63) is 12.7 Å². The zero-order valence-corrected chi connectivity index (χ0v) is 7.90. The number of allylic oxidation sites excluding steroid dienone is 1. The molecule has 0 spiro atoms. The first kappa shape index (κ1) is 12.6. The summed E-state index contributed by atoms with van der Waals surface area (Å²) in [7, 11) is 0. The van der Waals surface area contributed by atoms with Crippen molar-refractivity contribution >= 4 is 11.9 Å². The highest BCUT2D eigenvalue weighted by Crippen LogP contribution is 1.95. The van der Waals surface area contributed by atoms with Gasteiger partial charge in [-0.1, -0.05) is 6.08 Å². The zero-order valence-electron chi connectivity index (χ0n) is 7.90. The van der Waals surface area contributed by atoms with Gasteiger partial charge in [0.25, 0.3) is 0 Å². The van der Waals surface area contributed by atoms with Crippen LogP contribution >= 0.6 is 0 Å². The number of nitrogens with one attached hydrogen (secondary N) is 1. The Balaban J connectivity index is 3.95. The topological polar surface area (TPSA) is 86.6 Å². The first-order chi connectivity index (χ1) is 6.61. The number of aliphatic hydroxyl groups excluding tert-OH is 1. The van der Waals surface area contributed by atoms with Gasteiger partial charge < -0.3 is 15.5 Å². The molecule has 0 heterocycles. The van der Waals surface area contributed by atoms with Crippen LogP contribution in [0, 0.1) is 0 Å². The molecule has 0 rings (SSSR count). The minimum atomic E-state index is -1.13. The molecule has 0 unspecified atom stereocenters. The predicted octanol–water partition coefficient (Wildman–Crippen LogP) is -0.0956. The van der Waals surface area contributed by atoms with Gasteiger partial charge in [0.1, 0.15) is 6.04 Å². The van der Waals surface area contributed by atoms with E-state index in [9.17, 15) is 9.59 Å². The van der Waals surface area contributed by atoms with Gasteiger partial charge in [0.05, 0.1) is 0 Å². The summed E-state index contributed by atoms with van der Waals surface area (Å²) in [4.78, 5) is 21.6. The van der Waals surface area contributed by atoms with Crippen LogP contribution in [0.5, 0.6) is 0 Å². The van der Waals surface area contributed by atoms with E-state index in [0.717, 1.165) is 0 Å². The molecule has 80 valence electrons. The van der Waals surface area contributed by atoms with Gasteiger partial charge in [-0.05, 0) is 6.42 Å². The lowest BCUT2D eigenvalue weighted by Crippen LogP contribution is -2.41. The van der Waals surface area contributed by atoms with Crippen LogP contribution in [0.25, 0.3) is 0 Å². The second kappa shape index (κ2) is 7.08. The van der Waals surface area contributed by atoms with Crippen LogP contribution in [0.3, 0.4) is 0 Å². The molecule has 0 saturated heterocycles. The minimum Gasteiger partial charge on any atom is -0.480 e. The quantitative estimate of drug-likeness (QED) is 0.502. The molecule has 1 atom stereocenters. The van der Waals surface area contributed by atoms with Crippen LogP contribution in [0.15, 0.2) is 12.7 Å². The molecule has 3 N–H and O–H groups in total. The molecule has 0 aliphatic rings. The molecule has 0 bridgehead atoms. The third kappa shape index (κ3) is 5.31. The van der Waals surface area contributed by atoms with E-state index in [1.54, 1.807) is 6.08 Å². The van der Waals surface area contributed by atoms with E-state index in [2.05, 4.69) is 11.9 Å². The molecule has 0 aliphatic carbocycles. The minimum absolute atomic E-state index is 0.0230. The van der Waals surface area contributed by atoms with Crippen LogP contribution in [0.1, 0.15) is 19.3 Å². The van der Waals surface area contributed by atoms with Crippen LogP contribution < -0.4 is 5.32 Å². The van der Waals surface area contributed by atoms with Crippen molar-refractivity contribution in [3.63, 3.8) is 0 Å². The fourth-order valence-corrected chi connectivity index (χ4v) is 0.886. The Morgan fingerprint density at radius 2 is 2.14 bits per heavy atom. The lowest BCUT2D eigenvalue weighted by molar-refractivity contribution is -0.142. The first-order valence-electron chi connectivity index (χ1n) is 4.35. The molecule has 0 aromatic rings. The average molecular weight is 201 g/mol. The van der Waals surface area contributed by atoms with E-state index < -0.39 is 12.0 Å². The second-order valence-corrected chi connectivity index (χ2v) is 2.80. The van der Waals surface area contributed by atoms with Crippen LogP contribution in [-0.4, -0.2) is 34.7 Å². The van der Waals surface area contributed by atoms with E-state index in [0.29, 0.717) is 6.42 Å². The van der Waals surface area contributed by atoms with Crippen molar-refractivity contribution < 1.29 is 19.8 Å². The monoisotopic (exact) mass is 201 g/mol. The van der Waals surface area contributed by atoms with E-state index in [1.165, 1.54) is 0 Å². The number of carbonyl (C=O) groups excluding carboxylic acids is 1. The standard InChI is InChI=1S/C9H15NO4/c1-2-3-4-8(12)10-7(5-6-11)9(13)14/h2,7,11H,1,3-6H2,(H,10,12)(H,13,14)/t7-/m0/s1. The average Bonchev–Trinajstić information content (AvgIpc) is 2.14. The Morgan fingerprint density at radius 1 is 1.50 bits per heavy atom. The number of carboxylic acids is 1. The third-order valence-corrected chi connectivity index (χ3v) is 1.63. The van der Waals surface area contributed by atoms with Gasteiger partial charge in [-0.25, -0.2) is 4.79 Å². The van der Waals surface area contributed by atoms with Gasteiger partial charge in [-0.15, -0.1) is 6.58 Å². The summed E-state index contributed by atoms with van der Waals surface area (Å²) in [6, 6.07) is -1.00. The maximum Gasteiger partial charge on any atom is 0.326 e. The number of carboxylic acid groups (broad SMARTS) is 1. The Hall–Kier alpha value is -1.36. The highest BCUT2D eigenvalue weighted by molar-refractivity contribution is 5.83. The molecular weight excluding hydrogens is 186 g/mol. The largest absolute Gasteiger partial charge is 0.480 e. The second-order valence-electron chi connectivity index (χ2n) is 2.80. The van der Waals surface area contributed by atoms with Crippen molar-refractivity contribution in [1.29, 1.82) is 0 Å². The maximum atomic E-state index is 11.1. The lowest BCUT2D eigenvalue weighted by atomic mass is 10.2. The van der Waals surface area contributed by atoms with Gasteiger partial charge in [-0.3, -0.25) is 4.79 Å². The summed E-state index contributed by atoms with van der Waals surface area (Å²) in [6.07, 6.45) is 2.34. The molecule has 1 amide bonds. The SMILES string of the molecule is C=CCCC(=O)N[C@@H](CCO)C(=O)O. The molecule has 5 nitrogen and oxygen atoms in total. The molecular formula is C9H15NO4. The smallest absolute Gasteiger partial charge is 0.326 e. The number of hydrogen-bond acceptors (Lipinski definition) is 3. The molecule has 0 radical (unpaired) electrons. The summed E-state index contributed by atoms with van der Waals surface area (Å²) in [6.45, 7) is 3.18. The van der Waals surface area contributed by atoms with Crippen LogP contribution in [0.4, 0.5) is 0 Å². The van der Waals surface area contributed by atoms with Crippen molar-refractivity contribution in [2.75, 3.05) is 6.61 Å². The molecule has 14 heavy (non-hydrogen) atoms. The Kier molecular flexibility index (Phi) is 6.39. The number of carbonyl (C=O) groups is 2. The number of hydrogen-bond donors (Lipinski definition) is 3. The first-order valence-corrected chi connectivity index (χ1v) is 4.35. The Morgan fingerprint density at radius 3 is 2.57 bits per heavy atom. The fourth-order valence-electron chi connectivity index (χ4n) is 0.886. The number of rotatable bonds is 7. The lowest BCUT2D eigenvalue weighted by Gasteiger charge is -2.12. The Bertz CT molecular complexity index is 215. The van der Waals surface area contributed by atoms with Crippen molar-refractivity contribution in [2.24, 2.45) is 0 Å². The maximum absolute atomic E-state index is 11.1. The summed E-state index contributed by atoms with van der Waals surface area (Å²) >= 11 is 0. The zero-order chi connectivity index (χ0) is 11.0. The number of aliphatic carboxylic acids is 1. The third-order valence-electron chi connectivity index (χ3n) is 1.63. The molecule has 0 aromatic carbocycles. The molecule has 5 heteroatoms. The van der Waals surface area contributed by atoms with E-state index in [4.69, 9.17) is 10.2 Å². The number of amides is 1. The highest BCUT2D eigenvalue weighted by atomic mass is 16.4. The predicted molar refractivity (Wildman–Crippen MR) is 50.7 cm³/mol. The van der Waals surface area contributed by atoms with Gasteiger partial charge in [0.2, 0.25) is 5.91 Å². The van der Waals surface area contributed by atoms with E-state index >= 15 is 0 Å². The van der Waals surface area contributed by atoms with Crippen LogP contribution in [-0.2, 0) is 9.59 Å². The van der Waals surface area contributed by atoms with Gasteiger partial charge in [0, 0.05) is 19.4 Å². The van der Waals surface area contributed by atoms with Gasteiger partial charge in [0.15, 0.2) is 0 Å². The Labute approximate surface area is 82.4 Å². The molecule has 0 aliphatic heterocycles. The molecule has 0 aromatic heterocycles. The normalized spacial score (nSPS) is 11.8.